The molecule has 0 amide bonds. The van der Waals surface area contributed by atoms with Gasteiger partial charge < -0.3 is 18.9 Å². The highest BCUT2D eigenvalue weighted by Gasteiger charge is 2.75. The maximum atomic E-state index is 12.8. The van der Waals surface area contributed by atoms with E-state index in [1.54, 1.807) is 0 Å². The first-order valence-corrected chi connectivity index (χ1v) is 12.8. The lowest BCUT2D eigenvalue weighted by Crippen LogP contribution is -2.67. The van der Waals surface area contributed by atoms with E-state index in [1.165, 1.54) is 13.3 Å². The average molecular weight is 449 g/mol. The second-order valence-electron chi connectivity index (χ2n) is 12.1. The van der Waals surface area contributed by atoms with E-state index in [0.29, 0.717) is 31.3 Å². The van der Waals surface area contributed by atoms with Crippen LogP contribution in [0.1, 0.15) is 86.0 Å². The second-order valence-corrected chi connectivity index (χ2v) is 12.1. The largest absolute Gasteiger partial charge is 0.462 e. The van der Waals surface area contributed by atoms with E-state index < -0.39 is 6.29 Å². The minimum absolute atomic E-state index is 0.00136. The zero-order valence-electron chi connectivity index (χ0n) is 20.4. The highest BCUT2D eigenvalue weighted by atomic mass is 16.8. The van der Waals surface area contributed by atoms with Crippen LogP contribution in [0.2, 0.25) is 0 Å². The molecule has 5 aliphatic rings. The monoisotopic (exact) mass is 448 g/mol. The summed E-state index contributed by atoms with van der Waals surface area (Å²) in [5, 5.41) is 0. The lowest BCUT2D eigenvalue weighted by molar-refractivity contribution is -0.275. The summed E-state index contributed by atoms with van der Waals surface area (Å²) in [5.41, 5.74) is -0.266. The Balaban J connectivity index is 1.62. The molecule has 32 heavy (non-hydrogen) atoms. The molecule has 5 rings (SSSR count). The van der Waals surface area contributed by atoms with E-state index >= 15 is 0 Å². The van der Waals surface area contributed by atoms with Crippen LogP contribution < -0.4 is 0 Å². The van der Waals surface area contributed by atoms with Crippen LogP contribution in [0.3, 0.4) is 0 Å². The van der Waals surface area contributed by atoms with Gasteiger partial charge in [0.25, 0.3) is 0 Å². The first-order chi connectivity index (χ1) is 15.1. The highest BCUT2D eigenvalue weighted by Crippen LogP contribution is 2.74. The zero-order valence-corrected chi connectivity index (χ0v) is 20.4. The van der Waals surface area contributed by atoms with Gasteiger partial charge in [-0.15, -0.1) is 0 Å². The van der Waals surface area contributed by atoms with Crippen molar-refractivity contribution in [3.05, 3.63) is 0 Å². The maximum Gasteiger partial charge on any atom is 0.306 e. The van der Waals surface area contributed by atoms with E-state index in [2.05, 4.69) is 20.8 Å². The standard InChI is InChI=1S/C26H40O6/c1-6-8-19(28)31-17-13-26-18(25(5)12-7-11-24(3,4)21(17)25)10-9-16-14-29-22(20(16)26)32-23(26)30-15(2)27/h16-18,20-23H,6-14H2,1-5H3/t16-,17-,18+,20-,21-,22?,23-,25+,26-/m0/s1. The number of carbonyl (C=O) groups excluding carboxylic acids is 2. The fraction of sp³-hybridized carbons (Fsp3) is 0.923. The minimum Gasteiger partial charge on any atom is -0.462 e. The van der Waals surface area contributed by atoms with Gasteiger partial charge in [0.05, 0.1) is 6.61 Å². The van der Waals surface area contributed by atoms with Crippen molar-refractivity contribution in [2.75, 3.05) is 6.61 Å². The van der Waals surface area contributed by atoms with Crippen LogP contribution in [-0.4, -0.2) is 37.2 Å². The molecular formula is C26H40O6. The third kappa shape index (κ3) is 3.11. The van der Waals surface area contributed by atoms with E-state index in [9.17, 15) is 9.59 Å². The molecule has 0 aromatic rings. The summed E-state index contributed by atoms with van der Waals surface area (Å²) in [7, 11) is 0. The molecule has 9 atom stereocenters. The number of hydrogen-bond donors (Lipinski definition) is 0. The summed E-state index contributed by atoms with van der Waals surface area (Å²) in [5.74, 6) is 0.835. The quantitative estimate of drug-likeness (QED) is 0.573. The van der Waals surface area contributed by atoms with Crippen LogP contribution in [0, 0.1) is 39.9 Å². The third-order valence-electron chi connectivity index (χ3n) is 9.89. The molecule has 2 saturated heterocycles. The molecule has 2 aliphatic heterocycles. The number of fused-ring (bicyclic) bond motifs is 2. The van der Waals surface area contributed by atoms with E-state index in [0.717, 1.165) is 32.1 Å². The Bertz CT molecular complexity index is 778. The van der Waals surface area contributed by atoms with Gasteiger partial charge in [-0.3, -0.25) is 9.59 Å². The van der Waals surface area contributed by atoms with Crippen molar-refractivity contribution in [1.29, 1.82) is 0 Å². The summed E-state index contributed by atoms with van der Waals surface area (Å²) in [4.78, 5) is 24.9. The molecule has 3 aliphatic carbocycles. The Morgan fingerprint density at radius 1 is 1.09 bits per heavy atom. The molecule has 3 saturated carbocycles. The first kappa shape index (κ1) is 22.6. The summed E-state index contributed by atoms with van der Waals surface area (Å²) in [6.07, 6.45) is 6.46. The zero-order chi connectivity index (χ0) is 22.9. The van der Waals surface area contributed by atoms with Crippen LogP contribution in [0.4, 0.5) is 0 Å². The van der Waals surface area contributed by atoms with Gasteiger partial charge in [-0.2, -0.15) is 0 Å². The lowest BCUT2D eigenvalue weighted by Gasteiger charge is -2.67. The molecule has 180 valence electrons. The molecule has 0 N–H and O–H groups in total. The molecule has 0 aromatic heterocycles. The normalized spacial score (nSPS) is 48.3. The average Bonchev–Trinajstić information content (AvgIpc) is 3.22. The summed E-state index contributed by atoms with van der Waals surface area (Å²) in [6.45, 7) is 11.3. The van der Waals surface area contributed by atoms with Crippen LogP contribution in [0.25, 0.3) is 0 Å². The molecule has 5 fully saturated rings. The highest BCUT2D eigenvalue weighted by molar-refractivity contribution is 5.69. The van der Waals surface area contributed by atoms with Gasteiger partial charge in [0.1, 0.15) is 6.10 Å². The Kier molecular flexibility index (Phi) is 5.44. The van der Waals surface area contributed by atoms with Crippen LogP contribution in [0.5, 0.6) is 0 Å². The summed E-state index contributed by atoms with van der Waals surface area (Å²) in [6, 6.07) is 0. The molecule has 0 bridgehead atoms. The van der Waals surface area contributed by atoms with Crippen molar-refractivity contribution < 1.29 is 28.5 Å². The number of carbonyl (C=O) groups is 2. The Morgan fingerprint density at radius 2 is 1.88 bits per heavy atom. The fourth-order valence-electron chi connectivity index (χ4n) is 9.24. The molecular weight excluding hydrogens is 408 g/mol. The van der Waals surface area contributed by atoms with Crippen molar-refractivity contribution in [1.82, 2.24) is 0 Å². The Labute approximate surface area is 192 Å². The number of esters is 2. The molecule has 1 unspecified atom stereocenters. The lowest BCUT2D eigenvalue weighted by atomic mass is 9.38. The maximum absolute atomic E-state index is 12.8. The SMILES string of the molecule is CCCC(=O)O[C@H]1C[C@]23[C@@H](OC(C)=O)OC4OC[C@H](CC[C@@H]2[C@@]2(C)CCCC(C)(C)[C@H]12)[C@@H]43. The number of ether oxygens (including phenoxy) is 4. The van der Waals surface area contributed by atoms with Crippen molar-refractivity contribution >= 4 is 11.9 Å². The van der Waals surface area contributed by atoms with Gasteiger partial charge in [0.15, 0.2) is 6.29 Å². The van der Waals surface area contributed by atoms with Gasteiger partial charge in [0.2, 0.25) is 6.29 Å². The van der Waals surface area contributed by atoms with Gasteiger partial charge >= 0.3 is 11.9 Å². The minimum atomic E-state index is -0.627. The molecule has 0 radical (unpaired) electrons. The molecule has 0 aromatic carbocycles. The molecule has 2 heterocycles. The fourth-order valence-corrected chi connectivity index (χ4v) is 9.24. The van der Waals surface area contributed by atoms with Gasteiger partial charge in [-0.1, -0.05) is 34.1 Å². The van der Waals surface area contributed by atoms with E-state index in [-0.39, 0.29) is 52.4 Å². The van der Waals surface area contributed by atoms with Crippen molar-refractivity contribution in [2.24, 2.45) is 39.9 Å². The van der Waals surface area contributed by atoms with Crippen molar-refractivity contribution in [3.63, 3.8) is 0 Å². The van der Waals surface area contributed by atoms with E-state index in [1.807, 2.05) is 6.92 Å². The van der Waals surface area contributed by atoms with Crippen molar-refractivity contribution in [3.8, 4) is 0 Å². The van der Waals surface area contributed by atoms with Crippen molar-refractivity contribution in [2.45, 2.75) is 105 Å². The summed E-state index contributed by atoms with van der Waals surface area (Å²) >= 11 is 0. The van der Waals surface area contributed by atoms with Crippen LogP contribution in [0.15, 0.2) is 0 Å². The predicted octanol–water partition coefficient (Wildman–Crippen LogP) is 4.84. The number of rotatable bonds is 4. The van der Waals surface area contributed by atoms with Crippen LogP contribution in [-0.2, 0) is 28.5 Å². The molecule has 6 nitrogen and oxygen atoms in total. The summed E-state index contributed by atoms with van der Waals surface area (Å²) < 4.78 is 24.6. The van der Waals surface area contributed by atoms with Crippen LogP contribution >= 0.6 is 0 Å². The van der Waals surface area contributed by atoms with Gasteiger partial charge in [-0.25, -0.2) is 0 Å². The third-order valence-corrected chi connectivity index (χ3v) is 9.89. The number of hydrogen-bond acceptors (Lipinski definition) is 6. The van der Waals surface area contributed by atoms with Gasteiger partial charge in [0, 0.05) is 30.6 Å². The smallest absolute Gasteiger partial charge is 0.306 e. The van der Waals surface area contributed by atoms with E-state index in [4.69, 9.17) is 18.9 Å². The Morgan fingerprint density at radius 3 is 2.59 bits per heavy atom. The van der Waals surface area contributed by atoms with Gasteiger partial charge in [-0.05, 0) is 61.2 Å². The second kappa shape index (κ2) is 7.69. The topological polar surface area (TPSA) is 71.1 Å². The Hall–Kier alpha value is -1.14. The molecule has 1 spiro atoms. The first-order valence-electron chi connectivity index (χ1n) is 12.8. The molecule has 6 heteroatoms. The predicted molar refractivity (Wildman–Crippen MR) is 117 cm³/mol.